The van der Waals surface area contributed by atoms with Crippen molar-refractivity contribution in [1.29, 1.82) is 0 Å². The predicted octanol–water partition coefficient (Wildman–Crippen LogP) is 4.52. The van der Waals surface area contributed by atoms with Gasteiger partial charge in [-0.25, -0.2) is 0 Å². The zero-order valence-corrected chi connectivity index (χ0v) is 11.0. The largest absolute Gasteiger partial charge is 0.299 e. The molecule has 0 fully saturated rings. The van der Waals surface area contributed by atoms with E-state index < -0.39 is 0 Å². The molecule has 0 aliphatic carbocycles. The third-order valence-corrected chi connectivity index (χ3v) is 2.83. The minimum Gasteiger partial charge on any atom is -0.299 e. The first kappa shape index (κ1) is 14.4. The van der Waals surface area contributed by atoms with Gasteiger partial charge in [-0.3, -0.25) is 4.79 Å². The molecule has 0 N–H and O–H groups in total. The van der Waals surface area contributed by atoms with Crippen LogP contribution in [0.15, 0.2) is 11.6 Å². The molecule has 0 saturated carbocycles. The lowest BCUT2D eigenvalue weighted by Crippen LogP contribution is -2.23. The van der Waals surface area contributed by atoms with Crippen LogP contribution in [0.4, 0.5) is 0 Å². The van der Waals surface area contributed by atoms with E-state index in [-0.39, 0.29) is 5.41 Å². The highest BCUT2D eigenvalue weighted by molar-refractivity contribution is 5.83. The first-order valence-corrected chi connectivity index (χ1v) is 6.07. The molecule has 0 aliphatic heterocycles. The van der Waals surface area contributed by atoms with Crippen molar-refractivity contribution in [1.82, 2.24) is 0 Å². The lowest BCUT2D eigenvalue weighted by Gasteiger charge is -2.22. The normalized spacial score (nSPS) is 11.3. The van der Waals surface area contributed by atoms with Gasteiger partial charge in [-0.2, -0.15) is 0 Å². The summed E-state index contributed by atoms with van der Waals surface area (Å²) < 4.78 is 0. The van der Waals surface area contributed by atoms with E-state index in [2.05, 4.69) is 40.7 Å². The molecule has 0 radical (unpaired) electrons. The smallest absolute Gasteiger partial charge is 0.138 e. The summed E-state index contributed by atoms with van der Waals surface area (Å²) in [6, 6.07) is 0. The van der Waals surface area contributed by atoms with Crippen molar-refractivity contribution < 1.29 is 4.79 Å². The molecular formula is C14H26O. The minimum absolute atomic E-state index is 0.138. The molecular weight excluding hydrogens is 184 g/mol. The Morgan fingerprint density at radius 1 is 1.27 bits per heavy atom. The standard InChI is InChI=1S/C14H26O/c1-6-7-10-13(15)14(4,5)11-8-9-12(2)3/h9H,6-8,10-11H2,1-5H3. The van der Waals surface area contributed by atoms with Crippen molar-refractivity contribution in [3.63, 3.8) is 0 Å². The van der Waals surface area contributed by atoms with Crippen molar-refractivity contribution in [3.8, 4) is 0 Å². The molecule has 1 heteroatoms. The maximum atomic E-state index is 11.9. The van der Waals surface area contributed by atoms with Crippen LogP contribution in [0.5, 0.6) is 0 Å². The van der Waals surface area contributed by atoms with E-state index in [1.165, 1.54) is 5.57 Å². The third kappa shape index (κ3) is 6.48. The topological polar surface area (TPSA) is 17.1 Å². The Labute approximate surface area is 95.0 Å². The van der Waals surface area contributed by atoms with Crippen LogP contribution in [-0.2, 0) is 4.79 Å². The Bertz CT molecular complexity index is 219. The van der Waals surface area contributed by atoms with Crippen LogP contribution in [0.3, 0.4) is 0 Å². The Morgan fingerprint density at radius 3 is 2.33 bits per heavy atom. The van der Waals surface area contributed by atoms with Crippen molar-refractivity contribution in [2.24, 2.45) is 5.41 Å². The molecule has 0 heterocycles. The maximum absolute atomic E-state index is 11.9. The maximum Gasteiger partial charge on any atom is 0.138 e. The first-order valence-electron chi connectivity index (χ1n) is 6.07. The van der Waals surface area contributed by atoms with Crippen LogP contribution < -0.4 is 0 Å². The highest BCUT2D eigenvalue weighted by Gasteiger charge is 2.25. The van der Waals surface area contributed by atoms with Gasteiger partial charge in [0, 0.05) is 11.8 Å². The van der Waals surface area contributed by atoms with Gasteiger partial charge in [0.1, 0.15) is 5.78 Å². The Balaban J connectivity index is 4.04. The molecule has 0 aliphatic rings. The molecule has 0 aromatic heterocycles. The van der Waals surface area contributed by atoms with E-state index in [4.69, 9.17) is 0 Å². The highest BCUT2D eigenvalue weighted by Crippen LogP contribution is 2.26. The second-order valence-electron chi connectivity index (χ2n) is 5.23. The van der Waals surface area contributed by atoms with Gasteiger partial charge < -0.3 is 0 Å². The van der Waals surface area contributed by atoms with Crippen molar-refractivity contribution in [3.05, 3.63) is 11.6 Å². The fraction of sp³-hybridized carbons (Fsp3) is 0.786. The van der Waals surface area contributed by atoms with Gasteiger partial charge in [0.25, 0.3) is 0 Å². The summed E-state index contributed by atoms with van der Waals surface area (Å²) >= 11 is 0. The Morgan fingerprint density at radius 2 is 1.87 bits per heavy atom. The number of carbonyl (C=O) groups is 1. The van der Waals surface area contributed by atoms with Crippen LogP contribution in [0.2, 0.25) is 0 Å². The fourth-order valence-corrected chi connectivity index (χ4v) is 1.54. The van der Waals surface area contributed by atoms with Gasteiger partial charge in [0.05, 0.1) is 0 Å². The predicted molar refractivity (Wildman–Crippen MR) is 67.0 cm³/mol. The van der Waals surface area contributed by atoms with E-state index >= 15 is 0 Å². The average molecular weight is 210 g/mol. The van der Waals surface area contributed by atoms with Gasteiger partial charge in [-0.1, -0.05) is 38.8 Å². The first-order chi connectivity index (χ1) is 6.90. The number of unbranched alkanes of at least 4 members (excludes halogenated alkanes) is 1. The summed E-state index contributed by atoms with van der Waals surface area (Å²) in [6.07, 6.45) is 7.10. The number of ketones is 1. The Kier molecular flexibility index (Phi) is 6.55. The third-order valence-electron chi connectivity index (χ3n) is 2.83. The quantitative estimate of drug-likeness (QED) is 0.565. The average Bonchev–Trinajstić information content (AvgIpc) is 2.13. The molecule has 0 rings (SSSR count). The summed E-state index contributed by atoms with van der Waals surface area (Å²) in [7, 11) is 0. The van der Waals surface area contributed by atoms with Crippen LogP contribution in [-0.4, -0.2) is 5.78 Å². The fourth-order valence-electron chi connectivity index (χ4n) is 1.54. The van der Waals surface area contributed by atoms with Gasteiger partial charge in [0.2, 0.25) is 0 Å². The van der Waals surface area contributed by atoms with E-state index in [1.54, 1.807) is 0 Å². The Hall–Kier alpha value is -0.590. The summed E-state index contributed by atoms with van der Waals surface area (Å²) in [5.41, 5.74) is 1.20. The van der Waals surface area contributed by atoms with Crippen LogP contribution in [0.25, 0.3) is 0 Å². The van der Waals surface area contributed by atoms with Crippen LogP contribution >= 0.6 is 0 Å². The number of hydrogen-bond acceptors (Lipinski definition) is 1. The van der Waals surface area contributed by atoms with Crippen LogP contribution in [0.1, 0.15) is 66.7 Å². The van der Waals surface area contributed by atoms with E-state index in [0.717, 1.165) is 32.1 Å². The molecule has 88 valence electrons. The van der Waals surface area contributed by atoms with Gasteiger partial charge in [-0.15, -0.1) is 0 Å². The number of allylic oxidation sites excluding steroid dienone is 2. The highest BCUT2D eigenvalue weighted by atomic mass is 16.1. The van der Waals surface area contributed by atoms with Gasteiger partial charge in [-0.05, 0) is 33.1 Å². The van der Waals surface area contributed by atoms with Gasteiger partial charge in [0.15, 0.2) is 0 Å². The van der Waals surface area contributed by atoms with Crippen molar-refractivity contribution in [2.45, 2.75) is 66.7 Å². The number of hydrogen-bond donors (Lipinski definition) is 0. The molecule has 15 heavy (non-hydrogen) atoms. The lowest BCUT2D eigenvalue weighted by molar-refractivity contribution is -0.127. The van der Waals surface area contributed by atoms with Crippen molar-refractivity contribution in [2.75, 3.05) is 0 Å². The minimum atomic E-state index is -0.138. The molecule has 0 unspecified atom stereocenters. The molecule has 0 bridgehead atoms. The SMILES string of the molecule is CCCCC(=O)C(C)(C)CCC=C(C)C. The van der Waals surface area contributed by atoms with Gasteiger partial charge >= 0.3 is 0 Å². The second kappa shape index (κ2) is 6.81. The summed E-state index contributed by atoms with van der Waals surface area (Å²) in [5, 5.41) is 0. The molecule has 0 saturated heterocycles. The van der Waals surface area contributed by atoms with E-state index in [9.17, 15) is 4.79 Å². The molecule has 0 amide bonds. The zero-order chi connectivity index (χ0) is 11.9. The molecule has 1 nitrogen and oxygen atoms in total. The second-order valence-corrected chi connectivity index (χ2v) is 5.23. The van der Waals surface area contributed by atoms with Crippen molar-refractivity contribution >= 4 is 5.78 Å². The molecule has 0 spiro atoms. The number of carbonyl (C=O) groups excluding carboxylic acids is 1. The summed E-state index contributed by atoms with van der Waals surface area (Å²) in [4.78, 5) is 11.9. The molecule has 0 aromatic rings. The number of Topliss-reactive ketones (excluding diaryl/α,β-unsaturated/α-hetero) is 1. The molecule has 0 aromatic carbocycles. The lowest BCUT2D eigenvalue weighted by atomic mass is 9.81. The molecule has 0 atom stereocenters. The summed E-state index contributed by atoms with van der Waals surface area (Å²) in [6.45, 7) is 10.5. The van der Waals surface area contributed by atoms with E-state index in [1.807, 2.05) is 0 Å². The monoisotopic (exact) mass is 210 g/mol. The van der Waals surface area contributed by atoms with Crippen LogP contribution in [0, 0.1) is 5.41 Å². The zero-order valence-electron chi connectivity index (χ0n) is 11.0. The summed E-state index contributed by atoms with van der Waals surface area (Å²) in [5.74, 6) is 0.423. The van der Waals surface area contributed by atoms with E-state index in [0.29, 0.717) is 5.78 Å². The number of rotatable bonds is 7.